The van der Waals surface area contributed by atoms with Crippen molar-refractivity contribution in [2.24, 2.45) is 0 Å². The summed E-state index contributed by atoms with van der Waals surface area (Å²) in [5.41, 5.74) is 0.728. The first kappa shape index (κ1) is 18.7. The van der Waals surface area contributed by atoms with Gasteiger partial charge in [0, 0.05) is 13.7 Å². The van der Waals surface area contributed by atoms with E-state index < -0.39 is 11.9 Å². The van der Waals surface area contributed by atoms with Crippen LogP contribution < -0.4 is 15.4 Å². The molecule has 0 radical (unpaired) electrons. The minimum absolute atomic E-state index is 0.00573. The van der Waals surface area contributed by atoms with E-state index in [0.717, 1.165) is 17.4 Å². The molecule has 2 aromatic rings. The van der Waals surface area contributed by atoms with Gasteiger partial charge >= 0.3 is 6.03 Å². The second-order valence-corrected chi connectivity index (χ2v) is 5.60. The van der Waals surface area contributed by atoms with Crippen LogP contribution >= 0.6 is 11.8 Å². The van der Waals surface area contributed by atoms with E-state index in [2.05, 4.69) is 26.2 Å². The Bertz CT molecular complexity index is 706. The number of thioether (sulfide) groups is 1. The van der Waals surface area contributed by atoms with Crippen molar-refractivity contribution in [3.8, 4) is 11.4 Å². The summed E-state index contributed by atoms with van der Waals surface area (Å²) in [7, 11) is 3.10. The Morgan fingerprint density at radius 3 is 2.68 bits per heavy atom. The topological polar surface area (TPSA) is 120 Å². The van der Waals surface area contributed by atoms with Crippen LogP contribution in [0.15, 0.2) is 29.4 Å². The van der Waals surface area contributed by atoms with E-state index in [1.165, 1.54) is 11.8 Å². The summed E-state index contributed by atoms with van der Waals surface area (Å²) in [6.45, 7) is 0.686. The highest BCUT2D eigenvalue weighted by Crippen LogP contribution is 2.20. The van der Waals surface area contributed by atoms with Gasteiger partial charge in [0.1, 0.15) is 5.75 Å². The summed E-state index contributed by atoms with van der Waals surface area (Å²) in [4.78, 5) is 23.3. The number of hydrogen-bond acceptors (Lipinski definition) is 8. The number of carbonyl (C=O) groups is 2. The SMILES string of the molecule is COCCNC(=O)NC(=O)CSc1nnnn1-c1ccc(OC)cc1. The highest BCUT2D eigenvalue weighted by molar-refractivity contribution is 7.99. The quantitative estimate of drug-likeness (QED) is 0.503. The number of carbonyl (C=O) groups excluding carboxylic acids is 2. The number of ether oxygens (including phenoxy) is 2. The number of nitrogens with one attached hydrogen (secondary N) is 2. The fourth-order valence-corrected chi connectivity index (χ4v) is 2.45. The molecule has 11 heteroatoms. The average molecular weight is 366 g/mol. The normalized spacial score (nSPS) is 10.3. The lowest BCUT2D eigenvalue weighted by Crippen LogP contribution is -2.41. The maximum absolute atomic E-state index is 11.8. The van der Waals surface area contributed by atoms with Gasteiger partial charge in [-0.2, -0.15) is 4.68 Å². The molecule has 0 saturated heterocycles. The summed E-state index contributed by atoms with van der Waals surface area (Å²) in [5, 5.41) is 16.5. The lowest BCUT2D eigenvalue weighted by atomic mass is 10.3. The van der Waals surface area contributed by atoms with Gasteiger partial charge in [-0.1, -0.05) is 11.8 Å². The van der Waals surface area contributed by atoms with Crippen LogP contribution in [-0.4, -0.2) is 65.3 Å². The molecule has 10 nitrogen and oxygen atoms in total. The monoisotopic (exact) mass is 366 g/mol. The van der Waals surface area contributed by atoms with E-state index >= 15 is 0 Å². The molecule has 0 aliphatic rings. The molecule has 3 amide bonds. The molecular weight excluding hydrogens is 348 g/mol. The van der Waals surface area contributed by atoms with E-state index in [1.54, 1.807) is 31.4 Å². The van der Waals surface area contributed by atoms with Crippen LogP contribution in [0.3, 0.4) is 0 Å². The van der Waals surface area contributed by atoms with E-state index in [0.29, 0.717) is 24.1 Å². The van der Waals surface area contributed by atoms with Gasteiger partial charge in [0.2, 0.25) is 11.1 Å². The lowest BCUT2D eigenvalue weighted by Gasteiger charge is -2.07. The molecule has 0 bridgehead atoms. The zero-order valence-corrected chi connectivity index (χ0v) is 14.6. The minimum atomic E-state index is -0.572. The summed E-state index contributed by atoms with van der Waals surface area (Å²) < 4.78 is 11.4. The fourth-order valence-electron chi connectivity index (χ4n) is 1.76. The Labute approximate surface area is 148 Å². The number of tetrazole rings is 1. The van der Waals surface area contributed by atoms with Gasteiger partial charge in [-0.05, 0) is 34.7 Å². The second-order valence-electron chi connectivity index (χ2n) is 4.66. The van der Waals surface area contributed by atoms with Crippen molar-refractivity contribution >= 4 is 23.7 Å². The third kappa shape index (κ3) is 5.72. The Kier molecular flexibility index (Phi) is 7.16. The molecule has 0 aliphatic carbocycles. The van der Waals surface area contributed by atoms with Crippen LogP contribution in [0.1, 0.15) is 0 Å². The molecule has 134 valence electrons. The predicted molar refractivity (Wildman–Crippen MR) is 89.8 cm³/mol. The first-order chi connectivity index (χ1) is 12.1. The minimum Gasteiger partial charge on any atom is -0.497 e. The van der Waals surface area contributed by atoms with E-state index in [4.69, 9.17) is 9.47 Å². The molecule has 0 aliphatic heterocycles. The number of urea groups is 1. The molecule has 2 rings (SSSR count). The van der Waals surface area contributed by atoms with Crippen molar-refractivity contribution < 1.29 is 19.1 Å². The van der Waals surface area contributed by atoms with Gasteiger partial charge in [-0.3, -0.25) is 10.1 Å². The standard InChI is InChI=1S/C14H18N6O4S/c1-23-8-7-15-13(22)16-12(21)9-25-14-17-18-19-20(14)10-3-5-11(24-2)6-4-10/h3-6H,7-9H2,1-2H3,(H2,15,16,21,22). The maximum atomic E-state index is 11.8. The van der Waals surface area contributed by atoms with E-state index in [9.17, 15) is 9.59 Å². The zero-order valence-electron chi connectivity index (χ0n) is 13.8. The molecule has 0 unspecified atom stereocenters. The summed E-state index contributed by atoms with van der Waals surface area (Å²) >= 11 is 1.12. The first-order valence-electron chi connectivity index (χ1n) is 7.26. The van der Waals surface area contributed by atoms with Crippen molar-refractivity contribution in [1.82, 2.24) is 30.8 Å². The smallest absolute Gasteiger partial charge is 0.321 e. The average Bonchev–Trinajstić information content (AvgIpc) is 3.09. The Morgan fingerprint density at radius 2 is 2.00 bits per heavy atom. The number of hydrogen-bond donors (Lipinski definition) is 2. The molecule has 0 fully saturated rings. The van der Waals surface area contributed by atoms with Crippen molar-refractivity contribution in [1.29, 1.82) is 0 Å². The van der Waals surface area contributed by atoms with Crippen LogP contribution in [-0.2, 0) is 9.53 Å². The number of nitrogens with zero attached hydrogens (tertiary/aromatic N) is 4. The van der Waals surface area contributed by atoms with E-state index in [-0.39, 0.29) is 5.75 Å². The molecule has 1 aromatic carbocycles. The summed E-state index contributed by atoms with van der Waals surface area (Å²) in [5.74, 6) is 0.253. The van der Waals surface area contributed by atoms with Crippen LogP contribution in [0.25, 0.3) is 5.69 Å². The fraction of sp³-hybridized carbons (Fsp3) is 0.357. The third-order valence-corrected chi connectivity index (χ3v) is 3.85. The van der Waals surface area contributed by atoms with Crippen molar-refractivity contribution in [3.05, 3.63) is 24.3 Å². The predicted octanol–water partition coefficient (Wildman–Crippen LogP) is 0.235. The number of rotatable bonds is 8. The van der Waals surface area contributed by atoms with Crippen molar-refractivity contribution in [2.45, 2.75) is 5.16 Å². The summed E-state index contributed by atoms with van der Waals surface area (Å²) in [6, 6.07) is 6.58. The molecule has 1 heterocycles. The van der Waals surface area contributed by atoms with Gasteiger partial charge in [0.15, 0.2) is 0 Å². The Morgan fingerprint density at radius 1 is 1.24 bits per heavy atom. The van der Waals surface area contributed by atoms with Gasteiger partial charge in [-0.25, -0.2) is 4.79 Å². The molecule has 2 N–H and O–H groups in total. The Balaban J connectivity index is 1.88. The number of amides is 3. The number of methoxy groups -OCH3 is 2. The third-order valence-electron chi connectivity index (χ3n) is 2.93. The summed E-state index contributed by atoms with van der Waals surface area (Å²) in [6.07, 6.45) is 0. The van der Waals surface area contributed by atoms with Gasteiger partial charge < -0.3 is 14.8 Å². The van der Waals surface area contributed by atoms with Crippen LogP contribution in [0, 0.1) is 0 Å². The zero-order chi connectivity index (χ0) is 18.1. The van der Waals surface area contributed by atoms with Crippen LogP contribution in [0.4, 0.5) is 4.79 Å². The molecule has 1 aromatic heterocycles. The highest BCUT2D eigenvalue weighted by atomic mass is 32.2. The number of benzene rings is 1. The number of imide groups is 1. The number of aromatic nitrogens is 4. The van der Waals surface area contributed by atoms with E-state index in [1.807, 2.05) is 0 Å². The largest absolute Gasteiger partial charge is 0.497 e. The Hall–Kier alpha value is -2.66. The van der Waals surface area contributed by atoms with Crippen LogP contribution in [0.2, 0.25) is 0 Å². The molecule has 0 spiro atoms. The first-order valence-corrected chi connectivity index (χ1v) is 8.25. The van der Waals surface area contributed by atoms with Crippen molar-refractivity contribution in [3.63, 3.8) is 0 Å². The molecule has 0 saturated carbocycles. The molecule has 0 atom stereocenters. The van der Waals surface area contributed by atoms with Gasteiger partial charge in [-0.15, -0.1) is 5.10 Å². The van der Waals surface area contributed by atoms with Gasteiger partial charge in [0.25, 0.3) is 0 Å². The molecular formula is C14H18N6O4S. The molecule has 25 heavy (non-hydrogen) atoms. The highest BCUT2D eigenvalue weighted by Gasteiger charge is 2.13. The maximum Gasteiger partial charge on any atom is 0.321 e. The second kappa shape index (κ2) is 9.59. The van der Waals surface area contributed by atoms with Gasteiger partial charge in [0.05, 0.1) is 25.2 Å². The van der Waals surface area contributed by atoms with Crippen molar-refractivity contribution in [2.75, 3.05) is 33.1 Å². The lowest BCUT2D eigenvalue weighted by molar-refractivity contribution is -0.117. The van der Waals surface area contributed by atoms with Crippen LogP contribution in [0.5, 0.6) is 5.75 Å².